The minimum atomic E-state index is -4.27. The Morgan fingerprint density at radius 3 is 2.60 bits per heavy atom. The molecule has 162 valence electrons. The maximum Gasteiger partial charge on any atom is 0.275 e. The fourth-order valence-electron chi connectivity index (χ4n) is 2.73. The van der Waals surface area contributed by atoms with E-state index in [-0.39, 0.29) is 44.3 Å². The van der Waals surface area contributed by atoms with Gasteiger partial charge in [-0.05, 0) is 25.1 Å². The van der Waals surface area contributed by atoms with Crippen molar-refractivity contribution < 1.29 is 35.9 Å². The summed E-state index contributed by atoms with van der Waals surface area (Å²) < 4.78 is 62.4. The largest absolute Gasteiger partial charge is 0.473 e. The molecule has 1 aliphatic heterocycles. The van der Waals surface area contributed by atoms with E-state index in [1.165, 1.54) is 33.3 Å². The number of nitrogens with one attached hydrogen (secondary N) is 1. The van der Waals surface area contributed by atoms with Crippen molar-refractivity contribution in [2.45, 2.75) is 16.0 Å². The Morgan fingerprint density at radius 1 is 1.30 bits per heavy atom. The number of aryl methyl sites for hydroxylation is 1. The van der Waals surface area contributed by atoms with Gasteiger partial charge in [0.15, 0.2) is 4.21 Å². The van der Waals surface area contributed by atoms with Gasteiger partial charge in [0.25, 0.3) is 37.1 Å². The van der Waals surface area contributed by atoms with E-state index < -0.39 is 31.9 Å². The summed E-state index contributed by atoms with van der Waals surface area (Å²) in [4.78, 5) is 28.4. The summed E-state index contributed by atoms with van der Waals surface area (Å²) in [6.45, 7) is 1.26. The van der Waals surface area contributed by atoms with Crippen molar-refractivity contribution in [2.24, 2.45) is 0 Å². The Kier molecular flexibility index (Phi) is 5.86. The Labute approximate surface area is 176 Å². The third-order valence-electron chi connectivity index (χ3n) is 4.15. The van der Waals surface area contributed by atoms with E-state index in [1.54, 1.807) is 0 Å². The van der Waals surface area contributed by atoms with Crippen molar-refractivity contribution in [3.05, 3.63) is 35.0 Å². The second-order valence-corrected chi connectivity index (χ2v) is 10.7. The second-order valence-electron chi connectivity index (χ2n) is 6.08. The van der Waals surface area contributed by atoms with Crippen molar-refractivity contribution in [2.75, 3.05) is 27.4 Å². The van der Waals surface area contributed by atoms with Crippen LogP contribution in [0.15, 0.2) is 27.3 Å². The number of methoxy groups -OCH3 is 2. The number of nitrogens with zero attached hydrogens (tertiary/aromatic N) is 2. The van der Waals surface area contributed by atoms with Crippen LogP contribution in [0.3, 0.4) is 0 Å². The van der Waals surface area contributed by atoms with Crippen LogP contribution in [-0.4, -0.2) is 65.3 Å². The maximum atomic E-state index is 12.6. The van der Waals surface area contributed by atoms with Gasteiger partial charge in [0, 0.05) is 12.7 Å². The zero-order valence-electron chi connectivity index (χ0n) is 16.0. The standard InChI is InChI=1S/C16H17N3O8S3/c1-9-15(28-16(17-9)27-3)29(22,23)18-13(20)10-4-5-11-12(8-10)30(24,25)19(14(11)21)6-7-26-2/h4-5,8H,6-7H2,1-3H3,(H,18,20). The Bertz CT molecular complexity index is 1230. The molecule has 0 radical (unpaired) electrons. The van der Waals surface area contributed by atoms with E-state index in [1.807, 2.05) is 4.72 Å². The first-order valence-electron chi connectivity index (χ1n) is 8.31. The van der Waals surface area contributed by atoms with E-state index in [0.29, 0.717) is 4.31 Å². The molecule has 3 rings (SSSR count). The normalized spacial score (nSPS) is 15.2. The number of hydrogen-bond acceptors (Lipinski definition) is 10. The van der Waals surface area contributed by atoms with Crippen LogP contribution in [0.2, 0.25) is 0 Å². The van der Waals surface area contributed by atoms with Gasteiger partial charge in [0.05, 0.1) is 31.5 Å². The number of rotatable bonds is 7. The van der Waals surface area contributed by atoms with E-state index in [4.69, 9.17) is 9.47 Å². The highest BCUT2D eigenvalue weighted by Crippen LogP contribution is 2.31. The van der Waals surface area contributed by atoms with Gasteiger partial charge in [-0.1, -0.05) is 11.3 Å². The van der Waals surface area contributed by atoms with Crippen LogP contribution in [0, 0.1) is 6.92 Å². The van der Waals surface area contributed by atoms with Crippen LogP contribution in [0.4, 0.5) is 0 Å². The van der Waals surface area contributed by atoms with Crippen LogP contribution in [0.1, 0.15) is 26.4 Å². The molecular weight excluding hydrogens is 458 g/mol. The number of sulfonamides is 2. The van der Waals surface area contributed by atoms with Crippen molar-refractivity contribution in [1.82, 2.24) is 14.0 Å². The topological polar surface area (TPSA) is 149 Å². The number of hydrogen-bond donors (Lipinski definition) is 1. The summed E-state index contributed by atoms with van der Waals surface area (Å²) in [5.74, 6) is -1.79. The summed E-state index contributed by atoms with van der Waals surface area (Å²) in [5, 5.41) is 0.110. The van der Waals surface area contributed by atoms with Crippen molar-refractivity contribution in [3.8, 4) is 5.19 Å². The van der Waals surface area contributed by atoms with E-state index in [9.17, 15) is 26.4 Å². The predicted octanol–water partition coefficient (Wildman–Crippen LogP) is 0.370. The lowest BCUT2D eigenvalue weighted by atomic mass is 10.1. The smallest absolute Gasteiger partial charge is 0.275 e. The molecule has 2 heterocycles. The lowest BCUT2D eigenvalue weighted by Crippen LogP contribution is -2.33. The molecule has 1 aliphatic rings. The number of thiazole rings is 1. The fraction of sp³-hybridized carbons (Fsp3) is 0.312. The maximum absolute atomic E-state index is 12.6. The molecule has 1 N–H and O–H groups in total. The van der Waals surface area contributed by atoms with Crippen LogP contribution in [0.5, 0.6) is 5.19 Å². The first kappa shape index (κ1) is 22.1. The van der Waals surface area contributed by atoms with Crippen LogP contribution >= 0.6 is 11.3 Å². The van der Waals surface area contributed by atoms with E-state index in [0.717, 1.165) is 17.4 Å². The van der Waals surface area contributed by atoms with E-state index in [2.05, 4.69) is 4.98 Å². The van der Waals surface area contributed by atoms with E-state index >= 15 is 0 Å². The van der Waals surface area contributed by atoms with Gasteiger partial charge >= 0.3 is 0 Å². The SMILES string of the molecule is COCCN1C(=O)c2ccc(C(=O)NS(=O)(=O)c3sc(OC)nc3C)cc2S1(=O)=O. The summed E-state index contributed by atoms with van der Waals surface area (Å²) in [6, 6.07) is 3.32. The van der Waals surface area contributed by atoms with Crippen LogP contribution in [0.25, 0.3) is 0 Å². The molecule has 0 atom stereocenters. The molecule has 0 bridgehead atoms. The fourth-order valence-corrected chi connectivity index (χ4v) is 6.60. The summed E-state index contributed by atoms with van der Waals surface area (Å²) in [7, 11) is -5.75. The first-order chi connectivity index (χ1) is 14.0. The monoisotopic (exact) mass is 475 g/mol. The average Bonchev–Trinajstić information content (AvgIpc) is 3.16. The summed E-state index contributed by atoms with van der Waals surface area (Å²) in [5.41, 5.74) is -0.196. The zero-order chi connectivity index (χ0) is 22.3. The molecule has 0 saturated heterocycles. The predicted molar refractivity (Wildman–Crippen MR) is 105 cm³/mol. The van der Waals surface area contributed by atoms with Gasteiger partial charge in [0.1, 0.15) is 4.90 Å². The third kappa shape index (κ3) is 3.78. The number of fused-ring (bicyclic) bond motifs is 1. The molecule has 14 heteroatoms. The minimum Gasteiger partial charge on any atom is -0.473 e. The summed E-state index contributed by atoms with van der Waals surface area (Å²) in [6.07, 6.45) is 0. The Morgan fingerprint density at radius 2 is 2.00 bits per heavy atom. The van der Waals surface area contributed by atoms with Gasteiger partial charge < -0.3 is 9.47 Å². The number of ether oxygens (including phenoxy) is 2. The van der Waals surface area contributed by atoms with Gasteiger partial charge in [-0.3, -0.25) is 9.59 Å². The first-order valence-corrected chi connectivity index (χ1v) is 12.1. The molecule has 0 spiro atoms. The molecule has 1 aromatic heterocycles. The molecule has 11 nitrogen and oxygen atoms in total. The van der Waals surface area contributed by atoms with Gasteiger partial charge in [0.2, 0.25) is 0 Å². The Hall–Kier alpha value is -2.55. The highest BCUT2D eigenvalue weighted by molar-refractivity contribution is 7.92. The quantitative estimate of drug-likeness (QED) is 0.599. The minimum absolute atomic E-state index is 0.00219. The molecule has 1 aromatic carbocycles. The molecule has 0 aliphatic carbocycles. The number of carbonyl (C=O) groups excluding carboxylic acids is 2. The van der Waals surface area contributed by atoms with Crippen molar-refractivity contribution in [3.63, 3.8) is 0 Å². The van der Waals surface area contributed by atoms with Crippen LogP contribution < -0.4 is 9.46 Å². The van der Waals surface area contributed by atoms with Crippen molar-refractivity contribution >= 4 is 43.2 Å². The molecule has 0 unspecified atom stereocenters. The highest BCUT2D eigenvalue weighted by atomic mass is 32.2. The van der Waals surface area contributed by atoms with Gasteiger partial charge in [-0.25, -0.2) is 30.8 Å². The Balaban J connectivity index is 1.91. The number of carbonyl (C=O) groups is 2. The number of amides is 2. The van der Waals surface area contributed by atoms with Gasteiger partial charge in [-0.15, -0.1) is 0 Å². The highest BCUT2D eigenvalue weighted by Gasteiger charge is 2.41. The van der Waals surface area contributed by atoms with Gasteiger partial charge in [-0.2, -0.15) is 0 Å². The summed E-state index contributed by atoms with van der Waals surface area (Å²) >= 11 is 0.737. The molecule has 30 heavy (non-hydrogen) atoms. The zero-order valence-corrected chi connectivity index (χ0v) is 18.5. The molecule has 2 aromatic rings. The average molecular weight is 476 g/mol. The molecular formula is C16H17N3O8S3. The molecule has 0 fully saturated rings. The molecule has 2 amide bonds. The lowest BCUT2D eigenvalue weighted by Gasteiger charge is -2.13. The number of aromatic nitrogens is 1. The van der Waals surface area contributed by atoms with Crippen LogP contribution in [-0.2, 0) is 24.8 Å². The number of benzene rings is 1. The lowest BCUT2D eigenvalue weighted by molar-refractivity contribution is 0.0836. The molecule has 0 saturated carbocycles. The third-order valence-corrected chi connectivity index (χ3v) is 9.03. The second kappa shape index (κ2) is 7.94. The van der Waals surface area contributed by atoms with Crippen molar-refractivity contribution in [1.29, 1.82) is 0 Å².